The fourth-order valence-electron chi connectivity index (χ4n) is 2.44. The van der Waals surface area contributed by atoms with Crippen LogP contribution in [-0.4, -0.2) is 61.4 Å². The molecule has 1 aromatic carbocycles. The number of carboxylic acids is 1. The van der Waals surface area contributed by atoms with Crippen molar-refractivity contribution in [2.45, 2.75) is 18.7 Å². The summed E-state index contributed by atoms with van der Waals surface area (Å²) < 4.78 is 26.8. The van der Waals surface area contributed by atoms with Crippen LogP contribution in [0.5, 0.6) is 0 Å². The lowest BCUT2D eigenvalue weighted by Gasteiger charge is -2.33. The van der Waals surface area contributed by atoms with Crippen molar-refractivity contribution in [3.8, 4) is 0 Å². The Bertz CT molecular complexity index is 634. The molecule has 0 saturated carbocycles. The summed E-state index contributed by atoms with van der Waals surface area (Å²) in [6.45, 7) is 5.13. The van der Waals surface area contributed by atoms with Crippen molar-refractivity contribution in [2.75, 3.05) is 32.7 Å². The first-order chi connectivity index (χ1) is 9.80. The van der Waals surface area contributed by atoms with E-state index in [9.17, 15) is 13.2 Å². The molecule has 0 atom stereocenters. The van der Waals surface area contributed by atoms with E-state index in [0.717, 1.165) is 11.1 Å². The lowest BCUT2D eigenvalue weighted by molar-refractivity contribution is -0.138. The minimum atomic E-state index is -3.51. The molecule has 1 aromatic rings. The van der Waals surface area contributed by atoms with Crippen LogP contribution in [0.4, 0.5) is 0 Å². The Hall–Kier alpha value is -1.44. The van der Waals surface area contributed by atoms with Crippen molar-refractivity contribution in [3.63, 3.8) is 0 Å². The van der Waals surface area contributed by atoms with Gasteiger partial charge in [0.15, 0.2) is 0 Å². The Labute approximate surface area is 125 Å². The molecule has 1 aliphatic heterocycles. The molecule has 1 aliphatic rings. The molecule has 116 valence electrons. The highest BCUT2D eigenvalue weighted by Gasteiger charge is 2.30. The summed E-state index contributed by atoms with van der Waals surface area (Å²) in [5, 5.41) is 8.76. The number of piperazine rings is 1. The highest BCUT2D eigenvalue weighted by atomic mass is 32.2. The third-order valence-corrected chi connectivity index (χ3v) is 5.69. The van der Waals surface area contributed by atoms with Gasteiger partial charge >= 0.3 is 5.97 Å². The second-order valence-electron chi connectivity index (χ2n) is 5.34. The first-order valence-electron chi connectivity index (χ1n) is 6.82. The van der Waals surface area contributed by atoms with E-state index in [1.807, 2.05) is 19.1 Å². The number of hydrogen-bond acceptors (Lipinski definition) is 4. The third kappa shape index (κ3) is 3.61. The van der Waals surface area contributed by atoms with E-state index in [-0.39, 0.29) is 6.54 Å². The van der Waals surface area contributed by atoms with Gasteiger partial charge in [-0.2, -0.15) is 4.31 Å². The summed E-state index contributed by atoms with van der Waals surface area (Å²) in [5.74, 6) is -0.888. The Morgan fingerprint density at radius 1 is 1.19 bits per heavy atom. The molecule has 0 aliphatic carbocycles. The van der Waals surface area contributed by atoms with Crippen LogP contribution in [0.15, 0.2) is 23.1 Å². The SMILES string of the molecule is Cc1ccc(C)c(S(=O)(=O)N2CCN(CC(=O)O)CC2)c1. The van der Waals surface area contributed by atoms with Crippen LogP contribution in [0.2, 0.25) is 0 Å². The number of benzene rings is 1. The maximum atomic E-state index is 12.7. The molecule has 0 radical (unpaired) electrons. The van der Waals surface area contributed by atoms with Crippen molar-refractivity contribution in [1.82, 2.24) is 9.21 Å². The number of carbonyl (C=O) groups is 1. The lowest BCUT2D eigenvalue weighted by Crippen LogP contribution is -2.49. The highest BCUT2D eigenvalue weighted by Crippen LogP contribution is 2.22. The quantitative estimate of drug-likeness (QED) is 0.885. The van der Waals surface area contributed by atoms with Crippen molar-refractivity contribution in [1.29, 1.82) is 0 Å². The van der Waals surface area contributed by atoms with Gasteiger partial charge in [-0.15, -0.1) is 0 Å². The predicted octanol–water partition coefficient (Wildman–Crippen LogP) is 0.694. The molecule has 0 amide bonds. The molecule has 1 fully saturated rings. The van der Waals surface area contributed by atoms with Gasteiger partial charge in [-0.1, -0.05) is 12.1 Å². The standard InChI is InChI=1S/C14H20N2O4S/c1-11-3-4-12(2)13(9-11)21(19,20)16-7-5-15(6-8-16)10-14(17)18/h3-4,9H,5-8,10H2,1-2H3,(H,17,18). The van der Waals surface area contributed by atoms with Crippen LogP contribution in [-0.2, 0) is 14.8 Å². The molecule has 0 aromatic heterocycles. The fraction of sp³-hybridized carbons (Fsp3) is 0.500. The van der Waals surface area contributed by atoms with Crippen LogP contribution in [0.25, 0.3) is 0 Å². The molecule has 7 heteroatoms. The van der Waals surface area contributed by atoms with Gasteiger partial charge in [-0.05, 0) is 31.0 Å². The monoisotopic (exact) mass is 312 g/mol. The fourth-order valence-corrected chi connectivity index (χ4v) is 4.18. The second kappa shape index (κ2) is 6.13. The second-order valence-corrected chi connectivity index (χ2v) is 7.25. The zero-order chi connectivity index (χ0) is 15.6. The summed E-state index contributed by atoms with van der Waals surface area (Å²) >= 11 is 0. The Morgan fingerprint density at radius 2 is 1.81 bits per heavy atom. The Kier molecular flexibility index (Phi) is 4.65. The van der Waals surface area contributed by atoms with E-state index in [2.05, 4.69) is 0 Å². The number of sulfonamides is 1. The van der Waals surface area contributed by atoms with Gasteiger partial charge in [0.1, 0.15) is 0 Å². The normalized spacial score (nSPS) is 17.8. The van der Waals surface area contributed by atoms with Gasteiger partial charge in [0.05, 0.1) is 11.4 Å². The summed E-state index contributed by atoms with van der Waals surface area (Å²) in [4.78, 5) is 12.8. The number of rotatable bonds is 4. The van der Waals surface area contributed by atoms with Crippen molar-refractivity contribution >= 4 is 16.0 Å². The van der Waals surface area contributed by atoms with Gasteiger partial charge < -0.3 is 5.11 Å². The Morgan fingerprint density at radius 3 is 2.38 bits per heavy atom. The average Bonchev–Trinajstić information content (AvgIpc) is 2.41. The molecule has 0 unspecified atom stereocenters. The van der Waals surface area contributed by atoms with Gasteiger partial charge in [0.25, 0.3) is 0 Å². The predicted molar refractivity (Wildman–Crippen MR) is 78.8 cm³/mol. The summed E-state index contributed by atoms with van der Waals surface area (Å²) in [6, 6.07) is 5.39. The smallest absolute Gasteiger partial charge is 0.317 e. The van der Waals surface area contributed by atoms with Gasteiger partial charge in [0.2, 0.25) is 10.0 Å². The van der Waals surface area contributed by atoms with Crippen LogP contribution in [0.3, 0.4) is 0 Å². The van der Waals surface area contributed by atoms with Crippen LogP contribution >= 0.6 is 0 Å². The van der Waals surface area contributed by atoms with Crippen molar-refractivity contribution in [2.24, 2.45) is 0 Å². The number of hydrogen-bond donors (Lipinski definition) is 1. The molecule has 1 N–H and O–H groups in total. The van der Waals surface area contributed by atoms with E-state index in [1.54, 1.807) is 17.9 Å². The molecule has 0 bridgehead atoms. The van der Waals surface area contributed by atoms with E-state index in [4.69, 9.17) is 5.11 Å². The van der Waals surface area contributed by atoms with E-state index >= 15 is 0 Å². The van der Waals surface area contributed by atoms with E-state index < -0.39 is 16.0 Å². The third-order valence-electron chi connectivity index (χ3n) is 3.65. The van der Waals surface area contributed by atoms with Crippen LogP contribution in [0.1, 0.15) is 11.1 Å². The lowest BCUT2D eigenvalue weighted by atomic mass is 10.2. The molecule has 2 rings (SSSR count). The molecule has 6 nitrogen and oxygen atoms in total. The van der Waals surface area contributed by atoms with Crippen molar-refractivity contribution < 1.29 is 18.3 Å². The molecular formula is C14H20N2O4S. The first kappa shape index (κ1) is 15.9. The number of aliphatic carboxylic acids is 1. The molecule has 1 saturated heterocycles. The van der Waals surface area contributed by atoms with Gasteiger partial charge in [-0.3, -0.25) is 9.69 Å². The highest BCUT2D eigenvalue weighted by molar-refractivity contribution is 7.89. The largest absolute Gasteiger partial charge is 0.480 e. The van der Waals surface area contributed by atoms with Gasteiger partial charge in [-0.25, -0.2) is 8.42 Å². The summed E-state index contributed by atoms with van der Waals surface area (Å²) in [6.07, 6.45) is 0. The van der Waals surface area contributed by atoms with Crippen LogP contribution in [0, 0.1) is 13.8 Å². The zero-order valence-electron chi connectivity index (χ0n) is 12.2. The number of nitrogens with zero attached hydrogens (tertiary/aromatic N) is 2. The average molecular weight is 312 g/mol. The Balaban J connectivity index is 2.15. The van der Waals surface area contributed by atoms with E-state index in [1.165, 1.54) is 4.31 Å². The molecule has 21 heavy (non-hydrogen) atoms. The van der Waals surface area contributed by atoms with Gasteiger partial charge in [0, 0.05) is 26.2 Å². The summed E-state index contributed by atoms with van der Waals surface area (Å²) in [7, 11) is -3.51. The molecular weight excluding hydrogens is 292 g/mol. The maximum Gasteiger partial charge on any atom is 0.317 e. The minimum absolute atomic E-state index is 0.0443. The van der Waals surface area contributed by atoms with Crippen molar-refractivity contribution in [3.05, 3.63) is 29.3 Å². The number of carboxylic acid groups (broad SMARTS) is 1. The zero-order valence-corrected chi connectivity index (χ0v) is 13.1. The summed E-state index contributed by atoms with van der Waals surface area (Å²) in [5.41, 5.74) is 1.64. The van der Waals surface area contributed by atoms with E-state index in [0.29, 0.717) is 31.1 Å². The maximum absolute atomic E-state index is 12.7. The topological polar surface area (TPSA) is 77.9 Å². The number of aryl methyl sites for hydroxylation is 2. The van der Waals surface area contributed by atoms with Crippen LogP contribution < -0.4 is 0 Å². The minimum Gasteiger partial charge on any atom is -0.480 e. The first-order valence-corrected chi connectivity index (χ1v) is 8.26. The molecule has 0 spiro atoms. The molecule has 1 heterocycles.